The van der Waals surface area contributed by atoms with E-state index in [1.165, 1.54) is 0 Å². The maximum absolute atomic E-state index is 12.0. The molecular weight excluding hydrogens is 200 g/mol. The van der Waals surface area contributed by atoms with Crippen LogP contribution < -0.4 is 10.6 Å². The van der Waals surface area contributed by atoms with Crippen molar-refractivity contribution >= 4 is 11.6 Å². The van der Waals surface area contributed by atoms with Crippen LogP contribution in [0.25, 0.3) is 0 Å². The van der Waals surface area contributed by atoms with Gasteiger partial charge in [-0.3, -0.25) is 4.79 Å². The molecule has 1 aromatic rings. The number of aryl methyl sites for hydroxylation is 1. The van der Waals surface area contributed by atoms with Crippen LogP contribution in [-0.2, 0) is 0 Å². The van der Waals surface area contributed by atoms with E-state index >= 15 is 0 Å². The molecule has 0 saturated heterocycles. The predicted molar refractivity (Wildman–Crippen MR) is 67.9 cm³/mol. The van der Waals surface area contributed by atoms with Crippen molar-refractivity contribution in [3.8, 4) is 0 Å². The lowest BCUT2D eigenvalue weighted by molar-refractivity contribution is 0.0940. The van der Waals surface area contributed by atoms with E-state index in [1.807, 2.05) is 39.1 Å². The first-order valence-corrected chi connectivity index (χ1v) is 5.67. The van der Waals surface area contributed by atoms with Gasteiger partial charge < -0.3 is 10.6 Å². The van der Waals surface area contributed by atoms with Crippen molar-refractivity contribution in [2.45, 2.75) is 33.2 Å². The minimum Gasteiger partial charge on any atom is -0.387 e. The van der Waals surface area contributed by atoms with Crippen LogP contribution in [0.1, 0.15) is 36.2 Å². The summed E-state index contributed by atoms with van der Waals surface area (Å²) in [7, 11) is 1.83. The van der Waals surface area contributed by atoms with Crippen molar-refractivity contribution in [3.63, 3.8) is 0 Å². The Morgan fingerprint density at radius 1 is 1.44 bits per heavy atom. The molecule has 0 heterocycles. The molecule has 0 fully saturated rings. The SMILES string of the molecule is CCC(C)NC(=O)c1ccc(C)cc1NC. The molecule has 1 rings (SSSR count). The summed E-state index contributed by atoms with van der Waals surface area (Å²) in [6.45, 7) is 6.07. The number of hydrogen-bond acceptors (Lipinski definition) is 2. The summed E-state index contributed by atoms with van der Waals surface area (Å²) in [6.07, 6.45) is 0.937. The van der Waals surface area contributed by atoms with Crippen LogP contribution in [0.2, 0.25) is 0 Å². The van der Waals surface area contributed by atoms with E-state index < -0.39 is 0 Å². The summed E-state index contributed by atoms with van der Waals surface area (Å²) in [5, 5.41) is 6.01. The molecule has 0 spiro atoms. The van der Waals surface area contributed by atoms with E-state index in [9.17, 15) is 4.79 Å². The predicted octanol–water partition coefficient (Wildman–Crippen LogP) is 2.57. The third kappa shape index (κ3) is 2.99. The van der Waals surface area contributed by atoms with Gasteiger partial charge in [0, 0.05) is 18.8 Å². The fourth-order valence-electron chi connectivity index (χ4n) is 1.47. The van der Waals surface area contributed by atoms with Gasteiger partial charge in [-0.1, -0.05) is 13.0 Å². The zero-order valence-corrected chi connectivity index (χ0v) is 10.4. The standard InChI is InChI=1S/C13H20N2O/c1-5-10(3)15-13(16)11-7-6-9(2)8-12(11)14-4/h6-8,10,14H,5H2,1-4H3,(H,15,16). The Kier molecular flexibility index (Phi) is 4.35. The van der Waals surface area contributed by atoms with Gasteiger partial charge >= 0.3 is 0 Å². The molecule has 1 amide bonds. The number of carbonyl (C=O) groups is 1. The number of hydrogen-bond donors (Lipinski definition) is 2. The van der Waals surface area contributed by atoms with Gasteiger partial charge in [-0.25, -0.2) is 0 Å². The lowest BCUT2D eigenvalue weighted by Gasteiger charge is -2.14. The van der Waals surface area contributed by atoms with E-state index in [-0.39, 0.29) is 11.9 Å². The van der Waals surface area contributed by atoms with Gasteiger partial charge in [0.05, 0.1) is 5.56 Å². The van der Waals surface area contributed by atoms with Crippen LogP contribution in [0.15, 0.2) is 18.2 Å². The third-order valence-electron chi connectivity index (χ3n) is 2.68. The quantitative estimate of drug-likeness (QED) is 0.818. The first kappa shape index (κ1) is 12.6. The van der Waals surface area contributed by atoms with Crippen molar-refractivity contribution in [3.05, 3.63) is 29.3 Å². The number of carbonyl (C=O) groups excluding carboxylic acids is 1. The van der Waals surface area contributed by atoms with Gasteiger partial charge in [0.2, 0.25) is 0 Å². The molecule has 0 bridgehead atoms. The summed E-state index contributed by atoms with van der Waals surface area (Å²) in [5.74, 6) is -0.0151. The van der Waals surface area contributed by atoms with Gasteiger partial charge in [0.1, 0.15) is 0 Å². The van der Waals surface area contributed by atoms with Crippen molar-refractivity contribution < 1.29 is 4.79 Å². The first-order chi connectivity index (χ1) is 7.58. The van der Waals surface area contributed by atoms with Crippen LogP contribution in [0.5, 0.6) is 0 Å². The minimum atomic E-state index is -0.0151. The van der Waals surface area contributed by atoms with Crippen LogP contribution in [0.3, 0.4) is 0 Å². The van der Waals surface area contributed by atoms with Crippen molar-refractivity contribution in [1.29, 1.82) is 0 Å². The zero-order chi connectivity index (χ0) is 12.1. The van der Waals surface area contributed by atoms with Crippen molar-refractivity contribution in [2.24, 2.45) is 0 Å². The second-order valence-electron chi connectivity index (χ2n) is 4.08. The fraction of sp³-hybridized carbons (Fsp3) is 0.462. The smallest absolute Gasteiger partial charge is 0.253 e. The Bertz CT molecular complexity index is 374. The molecule has 1 atom stereocenters. The molecule has 0 saturated carbocycles. The monoisotopic (exact) mass is 220 g/mol. The first-order valence-electron chi connectivity index (χ1n) is 5.67. The van der Waals surface area contributed by atoms with Gasteiger partial charge in [-0.2, -0.15) is 0 Å². The molecule has 3 nitrogen and oxygen atoms in total. The number of anilines is 1. The molecule has 1 aromatic carbocycles. The highest BCUT2D eigenvalue weighted by Crippen LogP contribution is 2.17. The molecule has 0 aliphatic rings. The summed E-state index contributed by atoms with van der Waals surface area (Å²) in [6, 6.07) is 6.00. The minimum absolute atomic E-state index is 0.0151. The zero-order valence-electron chi connectivity index (χ0n) is 10.4. The molecular formula is C13H20N2O. The van der Waals surface area contributed by atoms with Gasteiger partial charge in [-0.15, -0.1) is 0 Å². The highest BCUT2D eigenvalue weighted by molar-refractivity contribution is 5.99. The Morgan fingerprint density at radius 3 is 2.69 bits per heavy atom. The Morgan fingerprint density at radius 2 is 2.12 bits per heavy atom. The maximum Gasteiger partial charge on any atom is 0.253 e. The molecule has 88 valence electrons. The number of nitrogens with one attached hydrogen (secondary N) is 2. The van der Waals surface area contributed by atoms with E-state index in [0.717, 1.165) is 17.7 Å². The van der Waals surface area contributed by atoms with E-state index in [1.54, 1.807) is 0 Å². The summed E-state index contributed by atoms with van der Waals surface area (Å²) in [5.41, 5.74) is 2.72. The molecule has 2 N–H and O–H groups in total. The highest BCUT2D eigenvalue weighted by Gasteiger charge is 2.12. The Labute approximate surface area is 97.2 Å². The second kappa shape index (κ2) is 5.54. The van der Waals surface area contributed by atoms with Gasteiger partial charge in [0.25, 0.3) is 5.91 Å². The number of rotatable bonds is 4. The summed E-state index contributed by atoms with van der Waals surface area (Å²) in [4.78, 5) is 12.0. The van der Waals surface area contributed by atoms with E-state index in [4.69, 9.17) is 0 Å². The van der Waals surface area contributed by atoms with Crippen LogP contribution in [0, 0.1) is 6.92 Å². The summed E-state index contributed by atoms with van der Waals surface area (Å²) >= 11 is 0. The molecule has 3 heteroatoms. The Hall–Kier alpha value is -1.51. The molecule has 16 heavy (non-hydrogen) atoms. The average molecular weight is 220 g/mol. The summed E-state index contributed by atoms with van der Waals surface area (Å²) < 4.78 is 0. The lowest BCUT2D eigenvalue weighted by Crippen LogP contribution is -2.32. The third-order valence-corrected chi connectivity index (χ3v) is 2.68. The van der Waals surface area contributed by atoms with E-state index in [2.05, 4.69) is 17.6 Å². The lowest BCUT2D eigenvalue weighted by atomic mass is 10.1. The molecule has 0 aliphatic carbocycles. The van der Waals surface area contributed by atoms with Crippen LogP contribution in [-0.4, -0.2) is 19.0 Å². The molecule has 1 unspecified atom stereocenters. The topological polar surface area (TPSA) is 41.1 Å². The van der Waals surface area contributed by atoms with Crippen LogP contribution >= 0.6 is 0 Å². The van der Waals surface area contributed by atoms with Crippen molar-refractivity contribution in [2.75, 3.05) is 12.4 Å². The van der Waals surface area contributed by atoms with Gasteiger partial charge in [0.15, 0.2) is 0 Å². The largest absolute Gasteiger partial charge is 0.387 e. The van der Waals surface area contributed by atoms with Crippen molar-refractivity contribution in [1.82, 2.24) is 5.32 Å². The van der Waals surface area contributed by atoms with E-state index in [0.29, 0.717) is 5.56 Å². The van der Waals surface area contributed by atoms with Crippen LogP contribution in [0.4, 0.5) is 5.69 Å². The number of benzene rings is 1. The second-order valence-corrected chi connectivity index (χ2v) is 4.08. The number of amides is 1. The average Bonchev–Trinajstić information content (AvgIpc) is 2.28. The fourth-order valence-corrected chi connectivity index (χ4v) is 1.47. The Balaban J connectivity index is 2.90. The molecule has 0 radical (unpaired) electrons. The normalized spacial score (nSPS) is 12.0. The van der Waals surface area contributed by atoms with Gasteiger partial charge in [-0.05, 0) is 38.0 Å². The molecule has 0 aliphatic heterocycles. The molecule has 0 aromatic heterocycles. The maximum atomic E-state index is 12.0. The highest BCUT2D eigenvalue weighted by atomic mass is 16.1.